The first-order valence-corrected chi connectivity index (χ1v) is 20.1. The van der Waals surface area contributed by atoms with Crippen LogP contribution in [0.3, 0.4) is 0 Å². The first-order valence-electron chi connectivity index (χ1n) is 20.1. The van der Waals surface area contributed by atoms with Crippen molar-refractivity contribution >= 4 is 70.2 Å². The molecule has 2 aliphatic rings. The summed E-state index contributed by atoms with van der Waals surface area (Å²) in [4.78, 5) is 67.9. The Labute approximate surface area is 383 Å². The minimum Gasteiger partial charge on any atom is -0.465 e. The maximum atomic E-state index is 12.5. The van der Waals surface area contributed by atoms with E-state index in [1.807, 2.05) is 97.1 Å². The summed E-state index contributed by atoms with van der Waals surface area (Å²) in [6, 6.07) is 36.5. The van der Waals surface area contributed by atoms with Crippen LogP contribution in [0, 0.1) is 0 Å². The number of benzene rings is 4. The molecule has 8 bridgehead atoms. The zero-order valence-electron chi connectivity index (χ0n) is 35.4. The Morgan fingerprint density at radius 3 is 0.723 bits per heavy atom. The van der Waals surface area contributed by atoms with Crippen LogP contribution in [0.2, 0.25) is 0 Å². The van der Waals surface area contributed by atoms with E-state index >= 15 is 0 Å². The predicted molar refractivity (Wildman–Crippen MR) is 246 cm³/mol. The minimum atomic E-state index is -0.453. The van der Waals surface area contributed by atoms with Crippen molar-refractivity contribution in [2.45, 2.75) is 0 Å². The van der Waals surface area contributed by atoms with Crippen LogP contribution in [-0.4, -0.2) is 72.3 Å². The summed E-state index contributed by atoms with van der Waals surface area (Å²) < 4.78 is 19.9. The first-order chi connectivity index (χ1) is 31.2. The van der Waals surface area contributed by atoms with E-state index in [2.05, 4.69) is 9.97 Å². The molecule has 0 aliphatic carbocycles. The van der Waals surface area contributed by atoms with E-state index in [1.165, 1.54) is 28.4 Å². The van der Waals surface area contributed by atoms with Gasteiger partial charge in [-0.15, -0.1) is 0 Å². The van der Waals surface area contributed by atoms with Gasteiger partial charge in [0.15, 0.2) is 0 Å². The number of hydrogen-bond donors (Lipinski definition) is 2. The monoisotopic (exact) mass is 902 g/mol. The molecule has 13 heteroatoms. The van der Waals surface area contributed by atoms with Crippen LogP contribution in [0.1, 0.15) is 64.2 Å². The van der Waals surface area contributed by atoms with E-state index in [-0.39, 0.29) is 17.1 Å². The summed E-state index contributed by atoms with van der Waals surface area (Å²) in [5, 5.41) is 0. The molecule has 2 aliphatic heterocycles. The van der Waals surface area contributed by atoms with Crippen LogP contribution in [0.25, 0.3) is 90.9 Å². The maximum absolute atomic E-state index is 12.5. The normalized spacial score (nSPS) is 11.4. The van der Waals surface area contributed by atoms with Gasteiger partial charge >= 0.3 is 23.9 Å². The number of nitrogens with one attached hydrogen (secondary N) is 2. The van der Waals surface area contributed by atoms with Gasteiger partial charge in [0.2, 0.25) is 0 Å². The molecule has 0 atom stereocenters. The number of nitrogens with zero attached hydrogens (tertiary/aromatic N) is 2. The average molecular weight is 903 g/mol. The molecule has 0 amide bonds. The van der Waals surface area contributed by atoms with Gasteiger partial charge in [0.1, 0.15) is 0 Å². The van der Waals surface area contributed by atoms with Crippen LogP contribution >= 0.6 is 0 Å². The van der Waals surface area contributed by atoms with Crippen LogP contribution in [0.15, 0.2) is 121 Å². The molecule has 7 aromatic rings. The van der Waals surface area contributed by atoms with Gasteiger partial charge in [-0.25, -0.2) is 29.1 Å². The number of methoxy groups -OCH3 is 4. The molecule has 0 spiro atoms. The Hall–Kier alpha value is -8.12. The third kappa shape index (κ3) is 8.29. The van der Waals surface area contributed by atoms with E-state index in [9.17, 15) is 19.2 Å². The third-order valence-electron chi connectivity index (χ3n) is 11.1. The van der Waals surface area contributed by atoms with Crippen LogP contribution in [0.4, 0.5) is 0 Å². The molecule has 0 saturated heterocycles. The van der Waals surface area contributed by atoms with E-state index in [0.717, 1.165) is 66.6 Å². The van der Waals surface area contributed by atoms with E-state index < -0.39 is 23.9 Å². The number of aromatic amines is 2. The van der Waals surface area contributed by atoms with Crippen molar-refractivity contribution in [3.63, 3.8) is 0 Å². The summed E-state index contributed by atoms with van der Waals surface area (Å²) in [5.74, 6) is -1.81. The largest absolute Gasteiger partial charge is 0.465 e. The molecule has 3 aromatic heterocycles. The molecule has 0 radical (unpaired) electrons. The summed E-state index contributed by atoms with van der Waals surface area (Å²) in [6.07, 6.45) is 7.80. The Kier molecular flexibility index (Phi) is 12.3. The Balaban J connectivity index is 0.00000576. The predicted octanol–water partition coefficient (Wildman–Crippen LogP) is 10.5. The fourth-order valence-electron chi connectivity index (χ4n) is 7.98. The topological polar surface area (TPSA) is 163 Å². The van der Waals surface area contributed by atoms with E-state index in [1.54, 1.807) is 48.5 Å². The molecular formula is C52H38FeN4O8. The Bertz CT molecular complexity index is 2830. The van der Waals surface area contributed by atoms with Gasteiger partial charge in [0.05, 0.1) is 73.5 Å². The SMILES string of the molecule is COC(=O)c1ccc(-c2c3nc(c(-c4ccc(C(=O)OC)cc4)c4ccc([nH]4)c(-c4ccc(C(=O)OC)cc4)c4nc(c(-c5ccc(C(=O)OC)cc5)c5ccc2[nH]5)C=C4)C=C3)cc1.[Fe]. The number of hydrogen-bond acceptors (Lipinski definition) is 10. The molecule has 65 heavy (non-hydrogen) atoms. The second-order valence-corrected chi connectivity index (χ2v) is 14.8. The van der Waals surface area contributed by atoms with Crippen molar-refractivity contribution in [2.24, 2.45) is 0 Å². The first kappa shape index (κ1) is 43.5. The minimum absolute atomic E-state index is 0. The number of esters is 4. The standard InChI is InChI=1S/C52H38N4O8.Fe/c1-61-49(57)33-13-5-29(6-14-33)45-37-21-23-39(53-37)46(30-7-15-34(16-8-30)50(58)62-2)41-25-27-43(55-41)48(32-11-19-36(20-12-32)52(60)64-4)44-28-26-42(56-44)47(40-24-22-38(45)54-40)31-9-17-35(18-10-31)51(59)63-3;/h5-28,53,56H,1-4H3;. The Morgan fingerprint density at radius 1 is 0.338 bits per heavy atom. The van der Waals surface area contributed by atoms with E-state index in [4.69, 9.17) is 28.9 Å². The van der Waals surface area contributed by atoms with Crippen LogP contribution in [0.5, 0.6) is 0 Å². The molecular weight excluding hydrogens is 864 g/mol. The van der Waals surface area contributed by atoms with Crippen molar-refractivity contribution in [3.8, 4) is 44.5 Å². The van der Waals surface area contributed by atoms with Crippen molar-refractivity contribution < 1.29 is 55.2 Å². The molecule has 2 N–H and O–H groups in total. The number of carbonyl (C=O) groups excluding carboxylic acids is 4. The molecule has 0 fully saturated rings. The van der Waals surface area contributed by atoms with Gasteiger partial charge in [-0.2, -0.15) is 0 Å². The quantitative estimate of drug-likeness (QED) is 0.0852. The number of fused-ring (bicyclic) bond motifs is 8. The van der Waals surface area contributed by atoms with E-state index in [0.29, 0.717) is 45.0 Å². The van der Waals surface area contributed by atoms with Gasteiger partial charge in [0, 0.05) is 61.4 Å². The molecule has 9 rings (SSSR count). The van der Waals surface area contributed by atoms with Crippen molar-refractivity contribution in [2.75, 3.05) is 28.4 Å². The molecule has 12 nitrogen and oxygen atoms in total. The Morgan fingerprint density at radius 2 is 0.538 bits per heavy atom. The summed E-state index contributed by atoms with van der Waals surface area (Å²) >= 11 is 0. The van der Waals surface area contributed by atoms with Crippen LogP contribution < -0.4 is 0 Å². The number of rotatable bonds is 8. The average Bonchev–Trinajstić information content (AvgIpc) is 4.20. The smallest absolute Gasteiger partial charge is 0.337 e. The molecule has 5 heterocycles. The van der Waals surface area contributed by atoms with Crippen molar-refractivity contribution in [3.05, 3.63) is 166 Å². The van der Waals surface area contributed by atoms with Gasteiger partial charge in [0.25, 0.3) is 0 Å². The number of carbonyl (C=O) groups is 4. The second-order valence-electron chi connectivity index (χ2n) is 14.8. The molecule has 4 aromatic carbocycles. The zero-order chi connectivity index (χ0) is 44.5. The van der Waals surface area contributed by atoms with Gasteiger partial charge in [-0.1, -0.05) is 48.5 Å². The van der Waals surface area contributed by atoms with Gasteiger partial charge in [-0.05, 0) is 119 Å². The van der Waals surface area contributed by atoms with Crippen LogP contribution in [-0.2, 0) is 36.0 Å². The fraction of sp³-hybridized carbons (Fsp3) is 0.0769. The molecule has 322 valence electrons. The van der Waals surface area contributed by atoms with Crippen molar-refractivity contribution in [1.29, 1.82) is 0 Å². The van der Waals surface area contributed by atoms with Gasteiger partial charge in [-0.3, -0.25) is 0 Å². The second kappa shape index (κ2) is 18.3. The third-order valence-corrected chi connectivity index (χ3v) is 11.1. The summed E-state index contributed by atoms with van der Waals surface area (Å²) in [5.41, 5.74) is 13.3. The zero-order valence-corrected chi connectivity index (χ0v) is 36.5. The van der Waals surface area contributed by atoms with Crippen molar-refractivity contribution in [1.82, 2.24) is 19.9 Å². The fourth-order valence-corrected chi connectivity index (χ4v) is 7.98. The summed E-state index contributed by atoms with van der Waals surface area (Å²) in [7, 11) is 5.38. The molecule has 0 saturated carbocycles. The number of ether oxygens (including phenoxy) is 4. The number of aromatic nitrogens is 4. The molecule has 0 unspecified atom stereocenters. The summed E-state index contributed by atoms with van der Waals surface area (Å²) in [6.45, 7) is 0. The number of H-pyrrole nitrogens is 2. The van der Waals surface area contributed by atoms with Gasteiger partial charge < -0.3 is 28.9 Å². The maximum Gasteiger partial charge on any atom is 0.337 e.